The van der Waals surface area contributed by atoms with E-state index in [1.54, 1.807) is 6.20 Å². The van der Waals surface area contributed by atoms with Gasteiger partial charge in [0, 0.05) is 31.0 Å². The van der Waals surface area contributed by atoms with Crippen LogP contribution in [0.15, 0.2) is 60.9 Å². The molecule has 3 heteroatoms. The highest BCUT2D eigenvalue weighted by molar-refractivity contribution is 5.87. The predicted molar refractivity (Wildman–Crippen MR) is 104 cm³/mol. The lowest BCUT2D eigenvalue weighted by atomic mass is 10.0. The van der Waals surface area contributed by atoms with Gasteiger partial charge in [0.15, 0.2) is 0 Å². The maximum absolute atomic E-state index is 6.11. The van der Waals surface area contributed by atoms with Crippen LogP contribution < -0.4 is 10.1 Å². The van der Waals surface area contributed by atoms with Crippen LogP contribution in [0.1, 0.15) is 31.4 Å². The van der Waals surface area contributed by atoms with Crippen LogP contribution in [-0.4, -0.2) is 11.6 Å². The summed E-state index contributed by atoms with van der Waals surface area (Å²) in [6, 6.07) is 16.8. The molecule has 0 bridgehead atoms. The van der Waals surface area contributed by atoms with Crippen molar-refractivity contribution in [3.05, 3.63) is 72.1 Å². The third-order valence-corrected chi connectivity index (χ3v) is 4.30. The van der Waals surface area contributed by atoms with Gasteiger partial charge in [-0.25, -0.2) is 0 Å². The zero-order valence-corrected chi connectivity index (χ0v) is 15.0. The van der Waals surface area contributed by atoms with E-state index in [-0.39, 0.29) is 0 Å². The number of hydrogen-bond acceptors (Lipinski definition) is 3. The molecule has 0 saturated heterocycles. The molecule has 1 aromatic heterocycles. The molecule has 0 fully saturated rings. The van der Waals surface area contributed by atoms with Crippen LogP contribution in [0.2, 0.25) is 0 Å². The third kappa shape index (κ3) is 4.80. The Morgan fingerprint density at radius 3 is 2.68 bits per heavy atom. The number of benzene rings is 2. The quantitative estimate of drug-likeness (QED) is 0.633. The van der Waals surface area contributed by atoms with E-state index in [0.717, 1.165) is 31.9 Å². The van der Waals surface area contributed by atoms with Gasteiger partial charge < -0.3 is 10.1 Å². The van der Waals surface area contributed by atoms with E-state index in [9.17, 15) is 0 Å². The minimum atomic E-state index is 0.646. The van der Waals surface area contributed by atoms with Gasteiger partial charge in [-0.2, -0.15) is 0 Å². The van der Waals surface area contributed by atoms with E-state index in [1.807, 2.05) is 12.3 Å². The summed E-state index contributed by atoms with van der Waals surface area (Å²) in [5.74, 6) is 1.63. The summed E-state index contributed by atoms with van der Waals surface area (Å²) in [6.45, 7) is 6.77. The van der Waals surface area contributed by atoms with E-state index < -0.39 is 0 Å². The second-order valence-corrected chi connectivity index (χ2v) is 6.76. The van der Waals surface area contributed by atoms with Crippen LogP contribution in [0.4, 0.5) is 0 Å². The molecule has 0 atom stereocenters. The molecule has 0 unspecified atom stereocenters. The normalized spacial score (nSPS) is 11.2. The van der Waals surface area contributed by atoms with Crippen molar-refractivity contribution in [2.24, 2.45) is 5.92 Å². The van der Waals surface area contributed by atoms with Crippen molar-refractivity contribution >= 4 is 10.8 Å². The summed E-state index contributed by atoms with van der Waals surface area (Å²) in [5.41, 5.74) is 2.41. The van der Waals surface area contributed by atoms with Gasteiger partial charge in [-0.05, 0) is 40.8 Å². The third-order valence-electron chi connectivity index (χ3n) is 4.30. The first-order valence-corrected chi connectivity index (χ1v) is 8.97. The van der Waals surface area contributed by atoms with Crippen molar-refractivity contribution in [2.45, 2.75) is 33.4 Å². The van der Waals surface area contributed by atoms with Gasteiger partial charge in [-0.1, -0.05) is 50.2 Å². The Kier molecular flexibility index (Phi) is 6.02. The topological polar surface area (TPSA) is 34.1 Å². The Hall–Kier alpha value is -2.39. The van der Waals surface area contributed by atoms with E-state index >= 15 is 0 Å². The van der Waals surface area contributed by atoms with Crippen molar-refractivity contribution in [2.75, 3.05) is 6.61 Å². The highest BCUT2D eigenvalue weighted by atomic mass is 16.5. The molecule has 1 N–H and O–H groups in total. The lowest BCUT2D eigenvalue weighted by molar-refractivity contribution is 0.286. The van der Waals surface area contributed by atoms with Gasteiger partial charge in [0.05, 0.1) is 6.61 Å². The molecule has 3 aromatic rings. The number of fused-ring (bicyclic) bond motifs is 1. The fraction of sp³-hybridized carbons (Fsp3) is 0.318. The molecule has 0 aliphatic carbocycles. The van der Waals surface area contributed by atoms with E-state index in [1.165, 1.54) is 21.9 Å². The van der Waals surface area contributed by atoms with Gasteiger partial charge in [0.2, 0.25) is 0 Å². The Morgan fingerprint density at radius 2 is 1.88 bits per heavy atom. The molecule has 1 heterocycles. The van der Waals surface area contributed by atoms with E-state index in [4.69, 9.17) is 4.74 Å². The summed E-state index contributed by atoms with van der Waals surface area (Å²) in [5, 5.41) is 6.03. The summed E-state index contributed by atoms with van der Waals surface area (Å²) < 4.78 is 6.11. The summed E-state index contributed by atoms with van der Waals surface area (Å²) >= 11 is 0. The van der Waals surface area contributed by atoms with Crippen molar-refractivity contribution in [3.63, 3.8) is 0 Å². The number of hydrogen-bond donors (Lipinski definition) is 1. The first-order valence-electron chi connectivity index (χ1n) is 8.97. The van der Waals surface area contributed by atoms with E-state index in [0.29, 0.717) is 5.92 Å². The molecule has 0 aliphatic rings. The lowest BCUT2D eigenvalue weighted by Gasteiger charge is -2.16. The molecular formula is C22H26N2O. The van der Waals surface area contributed by atoms with Gasteiger partial charge in [0.25, 0.3) is 0 Å². The summed E-state index contributed by atoms with van der Waals surface area (Å²) in [4.78, 5) is 4.17. The SMILES string of the molecule is CC(C)CCOc1ccc2ccccc2c1CNCc1cccnc1. The molecule has 0 radical (unpaired) electrons. The molecule has 2 aromatic carbocycles. The first kappa shape index (κ1) is 17.4. The van der Waals surface area contributed by atoms with Crippen LogP contribution in [-0.2, 0) is 13.1 Å². The average Bonchev–Trinajstić information content (AvgIpc) is 2.63. The molecule has 3 nitrogen and oxygen atoms in total. The van der Waals surface area contributed by atoms with Crippen molar-refractivity contribution < 1.29 is 4.74 Å². The van der Waals surface area contributed by atoms with Gasteiger partial charge in [-0.3, -0.25) is 4.98 Å². The van der Waals surface area contributed by atoms with Crippen LogP contribution in [0.5, 0.6) is 5.75 Å². The van der Waals surface area contributed by atoms with Crippen molar-refractivity contribution in [1.82, 2.24) is 10.3 Å². The van der Waals surface area contributed by atoms with Crippen LogP contribution in [0.3, 0.4) is 0 Å². The standard InChI is InChI=1S/C22H26N2O/c1-17(2)11-13-25-22-10-9-19-7-3-4-8-20(19)21(22)16-24-15-18-6-5-12-23-14-18/h3-10,12,14,17,24H,11,13,15-16H2,1-2H3. The molecule has 130 valence electrons. The number of nitrogens with zero attached hydrogens (tertiary/aromatic N) is 1. The van der Waals surface area contributed by atoms with Gasteiger partial charge in [-0.15, -0.1) is 0 Å². The number of rotatable bonds is 8. The highest BCUT2D eigenvalue weighted by Gasteiger charge is 2.09. The molecule has 0 amide bonds. The zero-order chi connectivity index (χ0) is 17.5. The predicted octanol–water partition coefficient (Wildman–Crippen LogP) is 4.95. The van der Waals surface area contributed by atoms with Crippen molar-refractivity contribution in [1.29, 1.82) is 0 Å². The molecule has 0 aliphatic heterocycles. The molecule has 3 rings (SSSR count). The number of nitrogens with one attached hydrogen (secondary N) is 1. The largest absolute Gasteiger partial charge is 0.493 e. The second-order valence-electron chi connectivity index (χ2n) is 6.76. The van der Waals surface area contributed by atoms with Crippen LogP contribution in [0.25, 0.3) is 10.8 Å². The van der Waals surface area contributed by atoms with Crippen LogP contribution in [0, 0.1) is 5.92 Å². The summed E-state index contributed by atoms with van der Waals surface area (Å²) in [6.07, 6.45) is 4.76. The average molecular weight is 334 g/mol. The number of aromatic nitrogens is 1. The molecule has 0 saturated carbocycles. The Bertz CT molecular complexity index is 799. The Labute approximate surface area is 150 Å². The Balaban J connectivity index is 1.77. The zero-order valence-electron chi connectivity index (χ0n) is 15.0. The molecular weight excluding hydrogens is 308 g/mol. The number of pyridine rings is 1. The monoisotopic (exact) mass is 334 g/mol. The van der Waals surface area contributed by atoms with Crippen molar-refractivity contribution in [3.8, 4) is 5.75 Å². The summed E-state index contributed by atoms with van der Waals surface area (Å²) in [7, 11) is 0. The molecule has 0 spiro atoms. The van der Waals surface area contributed by atoms with Gasteiger partial charge >= 0.3 is 0 Å². The minimum absolute atomic E-state index is 0.646. The Morgan fingerprint density at radius 1 is 1.00 bits per heavy atom. The fourth-order valence-electron chi connectivity index (χ4n) is 2.87. The van der Waals surface area contributed by atoms with Crippen LogP contribution >= 0.6 is 0 Å². The molecule has 25 heavy (non-hydrogen) atoms. The smallest absolute Gasteiger partial charge is 0.124 e. The number of ether oxygens (including phenoxy) is 1. The lowest BCUT2D eigenvalue weighted by Crippen LogP contribution is -2.14. The maximum atomic E-state index is 6.11. The first-order chi connectivity index (χ1) is 12.2. The fourth-order valence-corrected chi connectivity index (χ4v) is 2.87. The van der Waals surface area contributed by atoms with Gasteiger partial charge in [0.1, 0.15) is 5.75 Å². The minimum Gasteiger partial charge on any atom is -0.493 e. The highest BCUT2D eigenvalue weighted by Crippen LogP contribution is 2.28. The maximum Gasteiger partial charge on any atom is 0.124 e. The van der Waals surface area contributed by atoms with E-state index in [2.05, 4.69) is 66.6 Å². The second kappa shape index (κ2) is 8.63.